The zero-order valence-corrected chi connectivity index (χ0v) is 14.8. The Hall–Kier alpha value is -1.40. The highest BCUT2D eigenvalue weighted by atomic mass is 32.2. The van der Waals surface area contributed by atoms with Crippen LogP contribution in [0.25, 0.3) is 0 Å². The molecule has 23 heavy (non-hydrogen) atoms. The second-order valence-corrected chi connectivity index (χ2v) is 8.73. The Morgan fingerprint density at radius 3 is 2.22 bits per heavy atom. The van der Waals surface area contributed by atoms with E-state index in [0.29, 0.717) is 37.0 Å². The maximum atomic E-state index is 12.7. The van der Waals surface area contributed by atoms with Crippen molar-refractivity contribution in [1.82, 2.24) is 9.21 Å². The zero-order valence-electron chi connectivity index (χ0n) is 13.9. The van der Waals surface area contributed by atoms with Crippen LogP contribution in [0.4, 0.5) is 0 Å². The Labute approximate surface area is 138 Å². The summed E-state index contributed by atoms with van der Waals surface area (Å²) >= 11 is 0. The quantitative estimate of drug-likeness (QED) is 0.846. The highest BCUT2D eigenvalue weighted by Gasteiger charge is 2.42. The molecule has 1 amide bonds. The van der Waals surface area contributed by atoms with Crippen LogP contribution < -0.4 is 0 Å². The minimum absolute atomic E-state index is 0.165. The number of nitrogens with zero attached hydrogens (tertiary/aromatic N) is 2. The van der Waals surface area contributed by atoms with Crippen LogP contribution in [0.3, 0.4) is 0 Å². The molecule has 3 rings (SSSR count). The van der Waals surface area contributed by atoms with Gasteiger partial charge in [0.05, 0.1) is 4.90 Å². The molecule has 2 atom stereocenters. The molecule has 126 valence electrons. The van der Waals surface area contributed by atoms with E-state index < -0.39 is 10.0 Å². The number of rotatable bonds is 3. The fraction of sp³-hybridized carbons (Fsp3) is 0.588. The van der Waals surface area contributed by atoms with Gasteiger partial charge in [-0.1, -0.05) is 13.0 Å². The zero-order chi connectivity index (χ0) is 16.8. The Morgan fingerprint density at radius 2 is 1.70 bits per heavy atom. The lowest BCUT2D eigenvalue weighted by Crippen LogP contribution is -2.51. The van der Waals surface area contributed by atoms with Crippen molar-refractivity contribution in [2.24, 2.45) is 11.8 Å². The highest BCUT2D eigenvalue weighted by Crippen LogP contribution is 2.39. The first kappa shape index (κ1) is 16.5. The number of amides is 1. The van der Waals surface area contributed by atoms with Crippen LogP contribution in [-0.2, 0) is 14.8 Å². The maximum absolute atomic E-state index is 12.7. The molecule has 2 aliphatic rings. The average Bonchev–Trinajstić information content (AvgIpc) is 3.26. The second kappa shape index (κ2) is 5.91. The van der Waals surface area contributed by atoms with E-state index in [9.17, 15) is 13.2 Å². The molecule has 2 unspecified atom stereocenters. The van der Waals surface area contributed by atoms with Crippen molar-refractivity contribution in [1.29, 1.82) is 0 Å². The fourth-order valence-electron chi connectivity index (χ4n) is 3.07. The van der Waals surface area contributed by atoms with Crippen molar-refractivity contribution in [3.63, 3.8) is 0 Å². The monoisotopic (exact) mass is 336 g/mol. The molecule has 5 nitrogen and oxygen atoms in total. The topological polar surface area (TPSA) is 57.7 Å². The standard InChI is InChI=1S/C17H24N2O3S/c1-12-4-5-15(10-13(12)2)23(21,22)19-8-6-18(7-9-19)17(20)16-11-14(16)3/h4-5,10,14,16H,6-9,11H2,1-3H3. The average molecular weight is 336 g/mol. The molecule has 0 bridgehead atoms. The van der Waals surface area contributed by atoms with E-state index in [4.69, 9.17) is 0 Å². The van der Waals surface area contributed by atoms with Crippen molar-refractivity contribution in [2.75, 3.05) is 26.2 Å². The maximum Gasteiger partial charge on any atom is 0.243 e. The van der Waals surface area contributed by atoms with E-state index in [-0.39, 0.29) is 11.8 Å². The van der Waals surface area contributed by atoms with E-state index in [1.807, 2.05) is 24.8 Å². The van der Waals surface area contributed by atoms with Gasteiger partial charge in [-0.3, -0.25) is 4.79 Å². The molecule has 1 aliphatic carbocycles. The molecule has 1 aromatic carbocycles. The molecule has 2 fully saturated rings. The Balaban J connectivity index is 1.68. The number of piperazine rings is 1. The van der Waals surface area contributed by atoms with Gasteiger partial charge in [0.25, 0.3) is 0 Å². The number of aryl methyl sites for hydroxylation is 2. The van der Waals surface area contributed by atoms with Gasteiger partial charge in [0.1, 0.15) is 0 Å². The Bertz CT molecular complexity index is 721. The molecule has 0 aromatic heterocycles. The van der Waals surface area contributed by atoms with Crippen molar-refractivity contribution >= 4 is 15.9 Å². The third kappa shape index (κ3) is 3.15. The number of benzene rings is 1. The van der Waals surface area contributed by atoms with Crippen molar-refractivity contribution < 1.29 is 13.2 Å². The van der Waals surface area contributed by atoms with Crippen LogP contribution >= 0.6 is 0 Å². The summed E-state index contributed by atoms with van der Waals surface area (Å²) in [5, 5.41) is 0. The molecule has 1 aromatic rings. The minimum atomic E-state index is -3.47. The SMILES string of the molecule is Cc1ccc(S(=O)(=O)N2CCN(C(=O)C3CC3C)CC2)cc1C. The molecule has 1 saturated carbocycles. The number of carbonyl (C=O) groups is 1. The van der Waals surface area contributed by atoms with Crippen molar-refractivity contribution in [3.8, 4) is 0 Å². The summed E-state index contributed by atoms with van der Waals surface area (Å²) < 4.78 is 27.0. The molecular formula is C17H24N2O3S. The lowest BCUT2D eigenvalue weighted by Gasteiger charge is -2.34. The Morgan fingerprint density at radius 1 is 1.09 bits per heavy atom. The first-order valence-electron chi connectivity index (χ1n) is 8.17. The van der Waals surface area contributed by atoms with Gasteiger partial charge in [-0.25, -0.2) is 8.42 Å². The number of carbonyl (C=O) groups excluding carboxylic acids is 1. The van der Waals surface area contributed by atoms with Gasteiger partial charge in [0.15, 0.2) is 0 Å². The summed E-state index contributed by atoms with van der Waals surface area (Å²) in [4.78, 5) is 14.4. The lowest BCUT2D eigenvalue weighted by molar-refractivity contribution is -0.134. The van der Waals surface area contributed by atoms with Crippen LogP contribution in [0.15, 0.2) is 23.1 Å². The van der Waals surface area contributed by atoms with Crippen LogP contribution in [0.1, 0.15) is 24.5 Å². The van der Waals surface area contributed by atoms with Gasteiger partial charge in [-0.2, -0.15) is 4.31 Å². The normalized spacial score (nSPS) is 25.4. The van der Waals surface area contributed by atoms with E-state index in [1.165, 1.54) is 4.31 Å². The van der Waals surface area contributed by atoms with Gasteiger partial charge in [0, 0.05) is 32.1 Å². The third-order valence-electron chi connectivity index (χ3n) is 5.09. The molecule has 1 saturated heterocycles. The van der Waals surface area contributed by atoms with Gasteiger partial charge < -0.3 is 4.90 Å². The highest BCUT2D eigenvalue weighted by molar-refractivity contribution is 7.89. The predicted octanol–water partition coefficient (Wildman–Crippen LogP) is 1.79. The number of hydrogen-bond acceptors (Lipinski definition) is 3. The van der Waals surface area contributed by atoms with Crippen LogP contribution in [0.2, 0.25) is 0 Å². The van der Waals surface area contributed by atoms with E-state index in [2.05, 4.69) is 6.92 Å². The van der Waals surface area contributed by atoms with Gasteiger partial charge in [-0.15, -0.1) is 0 Å². The van der Waals surface area contributed by atoms with E-state index in [1.54, 1.807) is 12.1 Å². The van der Waals surface area contributed by atoms with Gasteiger partial charge >= 0.3 is 0 Å². The van der Waals surface area contributed by atoms with E-state index >= 15 is 0 Å². The van der Waals surface area contributed by atoms with Crippen LogP contribution in [0.5, 0.6) is 0 Å². The molecule has 0 N–H and O–H groups in total. The summed E-state index contributed by atoms with van der Waals surface area (Å²) in [5.41, 5.74) is 2.06. The van der Waals surface area contributed by atoms with Crippen LogP contribution in [0, 0.1) is 25.7 Å². The molecule has 6 heteroatoms. The Kier molecular flexibility index (Phi) is 4.23. The van der Waals surface area contributed by atoms with Crippen molar-refractivity contribution in [2.45, 2.75) is 32.1 Å². The molecule has 1 heterocycles. The fourth-order valence-corrected chi connectivity index (χ4v) is 4.58. The van der Waals surface area contributed by atoms with Crippen LogP contribution in [-0.4, -0.2) is 49.7 Å². The second-order valence-electron chi connectivity index (χ2n) is 6.79. The number of sulfonamides is 1. The molecular weight excluding hydrogens is 312 g/mol. The predicted molar refractivity (Wildman–Crippen MR) is 88.5 cm³/mol. The summed E-state index contributed by atoms with van der Waals surface area (Å²) in [5.74, 6) is 0.846. The summed E-state index contributed by atoms with van der Waals surface area (Å²) in [6, 6.07) is 5.24. The smallest absolute Gasteiger partial charge is 0.243 e. The summed E-state index contributed by atoms with van der Waals surface area (Å²) in [7, 11) is -3.47. The van der Waals surface area contributed by atoms with Gasteiger partial charge in [-0.05, 0) is 49.4 Å². The molecule has 1 aliphatic heterocycles. The minimum Gasteiger partial charge on any atom is -0.340 e. The third-order valence-corrected chi connectivity index (χ3v) is 6.99. The molecule has 0 radical (unpaired) electrons. The first-order valence-corrected chi connectivity index (χ1v) is 9.61. The van der Waals surface area contributed by atoms with E-state index in [0.717, 1.165) is 17.5 Å². The number of hydrogen-bond donors (Lipinski definition) is 0. The largest absolute Gasteiger partial charge is 0.340 e. The van der Waals surface area contributed by atoms with Gasteiger partial charge in [0.2, 0.25) is 15.9 Å². The lowest BCUT2D eigenvalue weighted by atomic mass is 10.1. The van der Waals surface area contributed by atoms with Crippen molar-refractivity contribution in [3.05, 3.63) is 29.3 Å². The first-order chi connectivity index (χ1) is 10.8. The summed E-state index contributed by atoms with van der Waals surface area (Å²) in [6.45, 7) is 7.71. The molecule has 0 spiro atoms. The summed E-state index contributed by atoms with van der Waals surface area (Å²) in [6.07, 6.45) is 0.972.